The molecule has 3 amide bonds. The molecule has 7 heteroatoms. The van der Waals surface area contributed by atoms with E-state index in [1.165, 1.54) is 22.6 Å². The molecule has 2 saturated heterocycles. The lowest BCUT2D eigenvalue weighted by Crippen LogP contribution is -2.61. The molecule has 2 atom stereocenters. The van der Waals surface area contributed by atoms with Crippen LogP contribution in [0.15, 0.2) is 4.99 Å². The summed E-state index contributed by atoms with van der Waals surface area (Å²) in [6.07, 6.45) is 3.48. The molecule has 3 heterocycles. The molecule has 144 valence electrons. The molecule has 0 aliphatic carbocycles. The fourth-order valence-corrected chi connectivity index (χ4v) is 4.06. The topological polar surface area (TPSA) is 59.2 Å². The van der Waals surface area contributed by atoms with Crippen LogP contribution in [0.1, 0.15) is 40.0 Å². The average molecular weight is 362 g/mol. The Labute approximate surface area is 156 Å². The Morgan fingerprint density at radius 2 is 1.96 bits per heavy atom. The zero-order chi connectivity index (χ0) is 19.0. The highest BCUT2D eigenvalue weighted by Crippen LogP contribution is 2.21. The quantitative estimate of drug-likeness (QED) is 0.696. The lowest BCUT2D eigenvalue weighted by atomic mass is 10.0. The summed E-state index contributed by atoms with van der Waals surface area (Å²) in [5.41, 5.74) is 0. The molecule has 0 aromatic carbocycles. The third-order valence-corrected chi connectivity index (χ3v) is 5.67. The van der Waals surface area contributed by atoms with E-state index in [4.69, 9.17) is 4.99 Å². The van der Waals surface area contributed by atoms with Gasteiger partial charge in [0.05, 0.1) is 6.54 Å². The molecule has 2 fully saturated rings. The lowest BCUT2D eigenvalue weighted by Gasteiger charge is -2.31. The van der Waals surface area contributed by atoms with Crippen molar-refractivity contribution in [2.45, 2.75) is 46.1 Å². The predicted molar refractivity (Wildman–Crippen MR) is 102 cm³/mol. The molecule has 0 N–H and O–H groups in total. The SMILES string of the molecule is CC(C)CC[N+]1=C(CN2CCCC(C)C2)N=C2C1C(=O)N(C)C(=O)N2C. The van der Waals surface area contributed by atoms with E-state index >= 15 is 0 Å². The summed E-state index contributed by atoms with van der Waals surface area (Å²) in [6.45, 7) is 10.3. The van der Waals surface area contributed by atoms with Gasteiger partial charge >= 0.3 is 11.9 Å². The number of carbonyl (C=O) groups excluding carboxylic acids is 2. The second kappa shape index (κ2) is 7.47. The first kappa shape index (κ1) is 19.0. The predicted octanol–water partition coefficient (Wildman–Crippen LogP) is 1.48. The van der Waals surface area contributed by atoms with E-state index in [9.17, 15) is 9.59 Å². The summed E-state index contributed by atoms with van der Waals surface area (Å²) in [5, 5.41) is 0. The summed E-state index contributed by atoms with van der Waals surface area (Å²) in [6, 6.07) is -0.764. The second-order valence-corrected chi connectivity index (χ2v) is 8.39. The van der Waals surface area contributed by atoms with E-state index in [0.717, 1.165) is 38.4 Å². The minimum absolute atomic E-state index is 0.169. The van der Waals surface area contributed by atoms with Gasteiger partial charge in [0.15, 0.2) is 0 Å². The number of hydrogen-bond donors (Lipinski definition) is 0. The van der Waals surface area contributed by atoms with Gasteiger partial charge in [-0.2, -0.15) is 0 Å². The zero-order valence-electron chi connectivity index (χ0n) is 16.7. The summed E-state index contributed by atoms with van der Waals surface area (Å²) in [4.78, 5) is 35.1. The minimum Gasteiger partial charge on any atom is -0.292 e. The van der Waals surface area contributed by atoms with Crippen LogP contribution in [0, 0.1) is 11.8 Å². The van der Waals surface area contributed by atoms with Crippen molar-refractivity contribution in [2.24, 2.45) is 16.8 Å². The second-order valence-electron chi connectivity index (χ2n) is 8.39. The summed E-state index contributed by atoms with van der Waals surface area (Å²) < 4.78 is 2.14. The maximum Gasteiger partial charge on any atom is 0.333 e. The number of fused-ring (bicyclic) bond motifs is 1. The zero-order valence-corrected chi connectivity index (χ0v) is 16.7. The van der Waals surface area contributed by atoms with Gasteiger partial charge in [-0.25, -0.2) is 9.37 Å². The van der Waals surface area contributed by atoms with Crippen molar-refractivity contribution >= 4 is 23.6 Å². The largest absolute Gasteiger partial charge is 0.333 e. The van der Waals surface area contributed by atoms with Crippen LogP contribution >= 0.6 is 0 Å². The van der Waals surface area contributed by atoms with Gasteiger partial charge < -0.3 is 0 Å². The number of amides is 3. The van der Waals surface area contributed by atoms with Crippen LogP contribution in [-0.2, 0) is 4.79 Å². The Morgan fingerprint density at radius 3 is 2.62 bits per heavy atom. The van der Waals surface area contributed by atoms with Crippen molar-refractivity contribution in [3.8, 4) is 0 Å². The summed E-state index contributed by atoms with van der Waals surface area (Å²) >= 11 is 0. The number of rotatable bonds is 5. The smallest absolute Gasteiger partial charge is 0.292 e. The van der Waals surface area contributed by atoms with Crippen molar-refractivity contribution < 1.29 is 14.2 Å². The molecule has 0 spiro atoms. The van der Waals surface area contributed by atoms with E-state index in [-0.39, 0.29) is 11.9 Å². The molecule has 26 heavy (non-hydrogen) atoms. The van der Waals surface area contributed by atoms with Crippen LogP contribution < -0.4 is 0 Å². The molecular formula is C19H32N5O2+. The minimum atomic E-state index is -0.460. The van der Waals surface area contributed by atoms with Crippen LogP contribution in [-0.4, -0.2) is 89.2 Å². The van der Waals surface area contributed by atoms with Crippen molar-refractivity contribution in [2.75, 3.05) is 40.3 Å². The van der Waals surface area contributed by atoms with E-state index in [2.05, 4.69) is 30.2 Å². The molecule has 3 rings (SSSR count). The molecule has 0 aromatic rings. The van der Waals surface area contributed by atoms with Gasteiger partial charge in [0, 0.05) is 20.6 Å². The van der Waals surface area contributed by atoms with Gasteiger partial charge in [0.1, 0.15) is 6.54 Å². The molecule has 7 nitrogen and oxygen atoms in total. The van der Waals surface area contributed by atoms with Gasteiger partial charge in [-0.05, 0) is 42.6 Å². The Bertz CT molecular complexity index is 654. The number of imide groups is 1. The number of amidine groups is 2. The highest BCUT2D eigenvalue weighted by atomic mass is 16.2. The molecule has 3 aliphatic heterocycles. The third kappa shape index (κ3) is 3.54. The van der Waals surface area contributed by atoms with Crippen LogP contribution in [0.2, 0.25) is 0 Å². The number of urea groups is 1. The van der Waals surface area contributed by atoms with Gasteiger partial charge in [-0.15, -0.1) is 0 Å². The molecule has 0 aromatic heterocycles. The lowest BCUT2D eigenvalue weighted by molar-refractivity contribution is -0.537. The molecule has 2 unspecified atom stereocenters. The van der Waals surface area contributed by atoms with Gasteiger partial charge in [-0.1, -0.05) is 20.8 Å². The fraction of sp³-hybridized carbons (Fsp3) is 0.789. The molecule has 0 radical (unpaired) electrons. The monoisotopic (exact) mass is 362 g/mol. The van der Waals surface area contributed by atoms with Crippen LogP contribution in [0.25, 0.3) is 0 Å². The Kier molecular flexibility index (Phi) is 5.46. The van der Waals surface area contributed by atoms with Crippen LogP contribution in [0.5, 0.6) is 0 Å². The third-order valence-electron chi connectivity index (χ3n) is 5.67. The van der Waals surface area contributed by atoms with E-state index < -0.39 is 6.04 Å². The first-order valence-electron chi connectivity index (χ1n) is 9.78. The fourth-order valence-electron chi connectivity index (χ4n) is 4.06. The Morgan fingerprint density at radius 1 is 1.23 bits per heavy atom. The highest BCUT2D eigenvalue weighted by molar-refractivity contribution is 6.23. The van der Waals surface area contributed by atoms with Crippen molar-refractivity contribution in [3.05, 3.63) is 0 Å². The number of likely N-dealkylation sites (tertiary alicyclic amines) is 1. The highest BCUT2D eigenvalue weighted by Gasteiger charge is 2.52. The normalized spacial score (nSPS) is 27.5. The number of hydrogen-bond acceptors (Lipinski definition) is 4. The average Bonchev–Trinajstić information content (AvgIpc) is 2.94. The van der Waals surface area contributed by atoms with E-state index in [1.54, 1.807) is 14.1 Å². The number of aliphatic imine (C=N–C) groups is 1. The van der Waals surface area contributed by atoms with Gasteiger partial charge in [-0.3, -0.25) is 19.5 Å². The standard InChI is InChI=1S/C19H32N5O2/c1-13(2)8-10-24-15(12-23-9-6-7-14(3)11-23)20-17-16(24)18(25)22(5)19(26)21(17)4/h13-14,16H,6-12H2,1-5H3/q+1. The number of nitrogens with zero attached hydrogens (tertiary/aromatic N) is 5. The molecule has 0 saturated carbocycles. The summed E-state index contributed by atoms with van der Waals surface area (Å²) in [5.74, 6) is 2.59. The van der Waals surface area contributed by atoms with Crippen LogP contribution in [0.3, 0.4) is 0 Å². The number of likely N-dealkylation sites (N-methyl/N-ethyl adjacent to an activating group) is 2. The van der Waals surface area contributed by atoms with Gasteiger partial charge in [0.2, 0.25) is 0 Å². The van der Waals surface area contributed by atoms with E-state index in [0.29, 0.717) is 17.7 Å². The van der Waals surface area contributed by atoms with Crippen molar-refractivity contribution in [1.82, 2.24) is 14.7 Å². The maximum absolute atomic E-state index is 12.8. The number of carbonyl (C=O) groups is 2. The van der Waals surface area contributed by atoms with E-state index in [1.807, 2.05) is 0 Å². The van der Waals surface area contributed by atoms with Gasteiger partial charge in [0.25, 0.3) is 17.8 Å². The Hall–Kier alpha value is -1.76. The van der Waals surface area contributed by atoms with Crippen molar-refractivity contribution in [3.63, 3.8) is 0 Å². The first-order valence-corrected chi connectivity index (χ1v) is 9.78. The Balaban J connectivity index is 1.89. The van der Waals surface area contributed by atoms with Crippen molar-refractivity contribution in [1.29, 1.82) is 0 Å². The van der Waals surface area contributed by atoms with Crippen LogP contribution in [0.4, 0.5) is 4.79 Å². The molecular weight excluding hydrogens is 330 g/mol. The summed E-state index contributed by atoms with van der Waals surface area (Å²) in [7, 11) is 3.27. The molecule has 0 bridgehead atoms. The first-order chi connectivity index (χ1) is 12.3. The maximum atomic E-state index is 12.8. The molecule has 3 aliphatic rings. The number of piperidine rings is 1.